The van der Waals surface area contributed by atoms with E-state index in [0.29, 0.717) is 0 Å². The first-order chi connectivity index (χ1) is 9.19. The quantitative estimate of drug-likeness (QED) is 0.562. The van der Waals surface area contributed by atoms with Gasteiger partial charge in [0, 0.05) is 14.9 Å². The predicted octanol–water partition coefficient (Wildman–Crippen LogP) is 2.89. The van der Waals surface area contributed by atoms with E-state index in [4.69, 9.17) is 5.73 Å². The highest BCUT2D eigenvalue weighted by Crippen LogP contribution is 2.22. The molecule has 3 nitrogen and oxygen atoms in total. The van der Waals surface area contributed by atoms with Gasteiger partial charge in [0.25, 0.3) is 0 Å². The zero-order valence-corrected chi connectivity index (χ0v) is 12.7. The molecule has 0 radical (unpaired) electrons. The molecule has 0 amide bonds. The molecule has 4 heteroatoms. The van der Waals surface area contributed by atoms with Crippen LogP contribution in [0.4, 0.5) is 11.4 Å². The van der Waals surface area contributed by atoms with Crippen LogP contribution in [0.3, 0.4) is 0 Å². The van der Waals surface area contributed by atoms with Crippen LogP contribution in [0.1, 0.15) is 5.56 Å². The van der Waals surface area contributed by atoms with Crippen LogP contribution in [-0.2, 0) is 6.42 Å². The SMILES string of the molecule is Nc1ccc(NC(CO)Cc2ccccc2)c(I)c1. The second kappa shape index (κ2) is 6.77. The molecule has 2 aromatic rings. The van der Waals surface area contributed by atoms with Crippen LogP contribution in [0.2, 0.25) is 0 Å². The molecule has 0 bridgehead atoms. The van der Waals surface area contributed by atoms with E-state index in [1.54, 1.807) is 0 Å². The fraction of sp³-hybridized carbons (Fsp3) is 0.200. The average molecular weight is 368 g/mol. The van der Waals surface area contributed by atoms with E-state index < -0.39 is 0 Å². The standard InChI is InChI=1S/C15H17IN2O/c16-14-9-12(17)6-7-15(14)18-13(10-19)8-11-4-2-1-3-5-11/h1-7,9,13,18-19H,8,10,17H2. The highest BCUT2D eigenvalue weighted by atomic mass is 127. The minimum Gasteiger partial charge on any atom is -0.399 e. The maximum atomic E-state index is 9.50. The molecule has 100 valence electrons. The molecular formula is C15H17IN2O. The van der Waals surface area contributed by atoms with Crippen LogP contribution in [0.5, 0.6) is 0 Å². The number of hydrogen-bond donors (Lipinski definition) is 3. The number of aliphatic hydroxyl groups is 1. The molecule has 4 N–H and O–H groups in total. The van der Waals surface area contributed by atoms with E-state index in [9.17, 15) is 5.11 Å². The summed E-state index contributed by atoms with van der Waals surface area (Å²) in [6.07, 6.45) is 0.789. The number of benzene rings is 2. The molecule has 0 saturated heterocycles. The molecular weight excluding hydrogens is 351 g/mol. The lowest BCUT2D eigenvalue weighted by atomic mass is 10.1. The molecule has 0 aliphatic heterocycles. The van der Waals surface area contributed by atoms with Crippen LogP contribution in [-0.4, -0.2) is 17.8 Å². The second-order valence-corrected chi connectivity index (χ2v) is 5.62. The molecule has 1 unspecified atom stereocenters. The lowest BCUT2D eigenvalue weighted by Crippen LogP contribution is -2.26. The summed E-state index contributed by atoms with van der Waals surface area (Å²) in [5.41, 5.74) is 8.69. The monoisotopic (exact) mass is 368 g/mol. The summed E-state index contributed by atoms with van der Waals surface area (Å²) >= 11 is 2.24. The Labute approximate surface area is 127 Å². The Kier molecular flexibility index (Phi) is 5.04. The van der Waals surface area contributed by atoms with E-state index in [0.717, 1.165) is 21.4 Å². The maximum absolute atomic E-state index is 9.50. The Morgan fingerprint density at radius 3 is 2.53 bits per heavy atom. The molecule has 0 spiro atoms. The Balaban J connectivity index is 2.06. The van der Waals surface area contributed by atoms with Gasteiger partial charge in [-0.1, -0.05) is 30.3 Å². The van der Waals surface area contributed by atoms with Gasteiger partial charge in [0.15, 0.2) is 0 Å². The Morgan fingerprint density at radius 2 is 1.89 bits per heavy atom. The first-order valence-electron chi connectivity index (χ1n) is 6.15. The number of nitrogens with one attached hydrogen (secondary N) is 1. The summed E-state index contributed by atoms with van der Waals surface area (Å²) in [7, 11) is 0. The Bertz CT molecular complexity index is 531. The van der Waals surface area contributed by atoms with Crippen molar-refractivity contribution in [3.05, 3.63) is 57.7 Å². The van der Waals surface area contributed by atoms with Crippen molar-refractivity contribution in [2.75, 3.05) is 17.7 Å². The summed E-state index contributed by atoms with van der Waals surface area (Å²) in [4.78, 5) is 0. The van der Waals surface area contributed by atoms with Crippen LogP contribution in [0.25, 0.3) is 0 Å². The van der Waals surface area contributed by atoms with Gasteiger partial charge in [0.1, 0.15) is 0 Å². The molecule has 0 fully saturated rings. The third kappa shape index (κ3) is 4.11. The normalized spacial score (nSPS) is 12.1. The van der Waals surface area contributed by atoms with Gasteiger partial charge in [-0.05, 0) is 52.8 Å². The van der Waals surface area contributed by atoms with Crippen molar-refractivity contribution in [1.82, 2.24) is 0 Å². The molecule has 0 heterocycles. The number of hydrogen-bond acceptors (Lipinski definition) is 3. The van der Waals surface area contributed by atoms with Crippen molar-refractivity contribution in [2.24, 2.45) is 0 Å². The van der Waals surface area contributed by atoms with Crippen LogP contribution in [0, 0.1) is 3.57 Å². The molecule has 0 aliphatic rings. The number of anilines is 2. The zero-order valence-electron chi connectivity index (χ0n) is 10.5. The number of nitrogens with two attached hydrogens (primary N) is 1. The fourth-order valence-electron chi connectivity index (χ4n) is 1.93. The number of rotatable bonds is 5. The van der Waals surface area contributed by atoms with Gasteiger partial charge < -0.3 is 16.2 Å². The number of nitrogen functional groups attached to an aromatic ring is 1. The molecule has 2 rings (SSSR count). The average Bonchev–Trinajstić information content (AvgIpc) is 2.42. The molecule has 19 heavy (non-hydrogen) atoms. The molecule has 0 aliphatic carbocycles. The van der Waals surface area contributed by atoms with Gasteiger partial charge in [-0.3, -0.25) is 0 Å². The molecule has 0 aromatic heterocycles. The van der Waals surface area contributed by atoms with Crippen molar-refractivity contribution < 1.29 is 5.11 Å². The highest BCUT2D eigenvalue weighted by Gasteiger charge is 2.10. The van der Waals surface area contributed by atoms with Crippen LogP contribution >= 0.6 is 22.6 Å². The fourth-order valence-corrected chi connectivity index (χ4v) is 2.62. The van der Waals surface area contributed by atoms with Gasteiger partial charge in [0.2, 0.25) is 0 Å². The zero-order chi connectivity index (χ0) is 13.7. The summed E-state index contributed by atoms with van der Waals surface area (Å²) < 4.78 is 1.06. The van der Waals surface area contributed by atoms with Gasteiger partial charge in [-0.15, -0.1) is 0 Å². The first kappa shape index (κ1) is 14.1. The molecule has 0 saturated carbocycles. The van der Waals surface area contributed by atoms with Crippen molar-refractivity contribution in [3.63, 3.8) is 0 Å². The maximum Gasteiger partial charge on any atom is 0.0636 e. The lowest BCUT2D eigenvalue weighted by molar-refractivity contribution is 0.273. The summed E-state index contributed by atoms with van der Waals surface area (Å²) in [5.74, 6) is 0. The highest BCUT2D eigenvalue weighted by molar-refractivity contribution is 14.1. The number of halogens is 1. The van der Waals surface area contributed by atoms with Gasteiger partial charge in [-0.25, -0.2) is 0 Å². The molecule has 1 atom stereocenters. The topological polar surface area (TPSA) is 58.3 Å². The lowest BCUT2D eigenvalue weighted by Gasteiger charge is -2.19. The summed E-state index contributed by atoms with van der Waals surface area (Å²) in [6, 6.07) is 15.9. The Morgan fingerprint density at radius 1 is 1.16 bits per heavy atom. The van der Waals surface area contributed by atoms with E-state index >= 15 is 0 Å². The third-order valence-electron chi connectivity index (χ3n) is 2.90. The van der Waals surface area contributed by atoms with Crippen LogP contribution in [0.15, 0.2) is 48.5 Å². The van der Waals surface area contributed by atoms with E-state index in [2.05, 4.69) is 40.0 Å². The van der Waals surface area contributed by atoms with Crippen molar-refractivity contribution >= 4 is 34.0 Å². The second-order valence-electron chi connectivity index (χ2n) is 4.45. The smallest absolute Gasteiger partial charge is 0.0636 e. The van der Waals surface area contributed by atoms with Gasteiger partial charge in [-0.2, -0.15) is 0 Å². The van der Waals surface area contributed by atoms with Gasteiger partial charge >= 0.3 is 0 Å². The Hall–Kier alpha value is -1.27. The van der Waals surface area contributed by atoms with Gasteiger partial charge in [0.05, 0.1) is 12.6 Å². The first-order valence-corrected chi connectivity index (χ1v) is 7.23. The minimum atomic E-state index is -0.000425. The summed E-state index contributed by atoms with van der Waals surface area (Å²) in [5, 5.41) is 12.9. The van der Waals surface area contributed by atoms with Crippen molar-refractivity contribution in [2.45, 2.75) is 12.5 Å². The van der Waals surface area contributed by atoms with Crippen LogP contribution < -0.4 is 11.1 Å². The number of aliphatic hydroxyl groups excluding tert-OH is 1. The largest absolute Gasteiger partial charge is 0.399 e. The minimum absolute atomic E-state index is 0.000425. The summed E-state index contributed by atoms with van der Waals surface area (Å²) in [6.45, 7) is 0.0926. The van der Waals surface area contributed by atoms with E-state index in [1.165, 1.54) is 5.56 Å². The predicted molar refractivity (Wildman–Crippen MR) is 88.2 cm³/mol. The van der Waals surface area contributed by atoms with Crippen molar-refractivity contribution in [3.8, 4) is 0 Å². The molecule has 2 aromatic carbocycles. The van der Waals surface area contributed by atoms with E-state index in [-0.39, 0.29) is 12.6 Å². The van der Waals surface area contributed by atoms with E-state index in [1.807, 2.05) is 36.4 Å². The third-order valence-corrected chi connectivity index (χ3v) is 3.79. The van der Waals surface area contributed by atoms with Crippen molar-refractivity contribution in [1.29, 1.82) is 0 Å².